The van der Waals surface area contributed by atoms with Crippen molar-refractivity contribution in [1.82, 2.24) is 4.90 Å². The average Bonchev–Trinajstić information content (AvgIpc) is 2.97. The van der Waals surface area contributed by atoms with Gasteiger partial charge >= 0.3 is 0 Å². The summed E-state index contributed by atoms with van der Waals surface area (Å²) in [6.07, 6.45) is 0. The standard InChI is InChI=1S/C26H26N2O4/c1-27(2)26(30)19-10-8-18(9-11-19)15-28-23-13-12-20(14-21(23)16-32-17-25(28)29)22-6-4-5-7-24(22)31-3/h4-14H,15-17H2,1-3H3. The van der Waals surface area contributed by atoms with Gasteiger partial charge in [0.2, 0.25) is 0 Å². The van der Waals surface area contributed by atoms with E-state index < -0.39 is 0 Å². The highest BCUT2D eigenvalue weighted by Crippen LogP contribution is 2.35. The van der Waals surface area contributed by atoms with Gasteiger partial charge in [-0.3, -0.25) is 9.59 Å². The molecule has 3 aromatic rings. The SMILES string of the molecule is COc1ccccc1-c1ccc2c(c1)COCC(=O)N2Cc1ccc(C(=O)N(C)C)cc1. The zero-order valence-corrected chi connectivity index (χ0v) is 18.5. The number of anilines is 1. The van der Waals surface area contributed by atoms with Crippen LogP contribution in [0, 0.1) is 0 Å². The van der Waals surface area contributed by atoms with E-state index in [1.54, 1.807) is 43.1 Å². The molecule has 1 heterocycles. The molecule has 3 aromatic carbocycles. The molecule has 164 valence electrons. The molecule has 0 bridgehead atoms. The minimum absolute atomic E-state index is 0.0237. The molecule has 0 spiro atoms. The largest absolute Gasteiger partial charge is 0.496 e. The first-order valence-electron chi connectivity index (χ1n) is 10.4. The predicted octanol–water partition coefficient (Wildman–Crippen LogP) is 4.13. The molecule has 0 aliphatic carbocycles. The Morgan fingerprint density at radius 2 is 1.78 bits per heavy atom. The number of carbonyl (C=O) groups is 2. The average molecular weight is 431 g/mol. The van der Waals surface area contributed by atoms with Gasteiger partial charge in [-0.1, -0.05) is 36.4 Å². The Hall–Kier alpha value is -3.64. The van der Waals surface area contributed by atoms with Crippen LogP contribution >= 0.6 is 0 Å². The smallest absolute Gasteiger partial charge is 0.253 e. The molecule has 0 unspecified atom stereocenters. The third kappa shape index (κ3) is 4.36. The van der Waals surface area contributed by atoms with Crippen LogP contribution in [0.5, 0.6) is 5.75 Å². The van der Waals surface area contributed by atoms with Crippen molar-refractivity contribution >= 4 is 17.5 Å². The van der Waals surface area contributed by atoms with Crippen LogP contribution in [-0.2, 0) is 22.7 Å². The third-order valence-corrected chi connectivity index (χ3v) is 5.52. The van der Waals surface area contributed by atoms with Gasteiger partial charge in [0.05, 0.1) is 20.3 Å². The number of nitrogens with zero attached hydrogens (tertiary/aromatic N) is 2. The van der Waals surface area contributed by atoms with Crippen LogP contribution in [0.1, 0.15) is 21.5 Å². The van der Waals surface area contributed by atoms with Gasteiger partial charge in [-0.2, -0.15) is 0 Å². The van der Waals surface area contributed by atoms with Gasteiger partial charge in [0.25, 0.3) is 11.8 Å². The minimum Gasteiger partial charge on any atom is -0.496 e. The molecule has 0 saturated heterocycles. The van der Waals surface area contributed by atoms with Crippen LogP contribution in [0.25, 0.3) is 11.1 Å². The Morgan fingerprint density at radius 1 is 1.03 bits per heavy atom. The summed E-state index contributed by atoms with van der Waals surface area (Å²) in [5, 5.41) is 0. The minimum atomic E-state index is -0.0952. The van der Waals surface area contributed by atoms with Crippen molar-refractivity contribution in [3.05, 3.63) is 83.4 Å². The lowest BCUT2D eigenvalue weighted by atomic mass is 10.0. The number of benzene rings is 3. The Kier molecular flexibility index (Phi) is 6.23. The third-order valence-electron chi connectivity index (χ3n) is 5.52. The molecule has 0 fully saturated rings. The summed E-state index contributed by atoms with van der Waals surface area (Å²) in [5.74, 6) is 0.648. The van der Waals surface area contributed by atoms with Crippen LogP contribution < -0.4 is 9.64 Å². The molecule has 4 rings (SSSR count). The lowest BCUT2D eigenvalue weighted by Crippen LogP contribution is -2.32. The van der Waals surface area contributed by atoms with E-state index in [-0.39, 0.29) is 18.4 Å². The van der Waals surface area contributed by atoms with Gasteiger partial charge < -0.3 is 19.3 Å². The monoisotopic (exact) mass is 430 g/mol. The fourth-order valence-corrected chi connectivity index (χ4v) is 3.84. The van der Waals surface area contributed by atoms with E-state index in [0.29, 0.717) is 18.7 Å². The first-order valence-corrected chi connectivity index (χ1v) is 10.4. The van der Waals surface area contributed by atoms with Gasteiger partial charge in [0.1, 0.15) is 12.4 Å². The van der Waals surface area contributed by atoms with Gasteiger partial charge in [-0.05, 0) is 41.5 Å². The Bertz CT molecular complexity index is 1140. The second-order valence-electron chi connectivity index (χ2n) is 7.91. The topological polar surface area (TPSA) is 59.1 Å². The van der Waals surface area contributed by atoms with Crippen LogP contribution in [0.4, 0.5) is 5.69 Å². The molecule has 0 aromatic heterocycles. The Morgan fingerprint density at radius 3 is 2.50 bits per heavy atom. The Balaban J connectivity index is 1.64. The van der Waals surface area contributed by atoms with Gasteiger partial charge in [0.15, 0.2) is 0 Å². The molecule has 0 atom stereocenters. The van der Waals surface area contributed by atoms with Gasteiger partial charge in [0, 0.05) is 36.5 Å². The molecule has 1 aliphatic heterocycles. The van der Waals surface area contributed by atoms with Crippen molar-refractivity contribution < 1.29 is 19.1 Å². The van der Waals surface area contributed by atoms with E-state index in [1.165, 1.54) is 0 Å². The maximum atomic E-state index is 12.8. The van der Waals surface area contributed by atoms with Crippen LogP contribution in [0.15, 0.2) is 66.7 Å². The summed E-state index contributed by atoms with van der Waals surface area (Å²) in [7, 11) is 5.11. The highest BCUT2D eigenvalue weighted by molar-refractivity contribution is 5.96. The van der Waals surface area contributed by atoms with Crippen molar-refractivity contribution in [2.45, 2.75) is 13.2 Å². The first-order chi connectivity index (χ1) is 15.5. The zero-order chi connectivity index (χ0) is 22.7. The maximum absolute atomic E-state index is 12.8. The number of fused-ring (bicyclic) bond motifs is 1. The van der Waals surface area contributed by atoms with Gasteiger partial charge in [-0.25, -0.2) is 0 Å². The van der Waals surface area contributed by atoms with Crippen molar-refractivity contribution in [3.63, 3.8) is 0 Å². The molecular formula is C26H26N2O4. The number of hydrogen-bond acceptors (Lipinski definition) is 4. The summed E-state index contributed by atoms with van der Waals surface area (Å²) in [6, 6.07) is 21.2. The van der Waals surface area contributed by atoms with E-state index in [4.69, 9.17) is 9.47 Å². The fourth-order valence-electron chi connectivity index (χ4n) is 3.84. The number of ether oxygens (including phenoxy) is 2. The number of carbonyl (C=O) groups excluding carboxylic acids is 2. The number of hydrogen-bond donors (Lipinski definition) is 0. The number of amides is 2. The second kappa shape index (κ2) is 9.24. The van der Waals surface area contributed by atoms with Crippen molar-refractivity contribution in [3.8, 4) is 16.9 Å². The van der Waals surface area contributed by atoms with E-state index >= 15 is 0 Å². The maximum Gasteiger partial charge on any atom is 0.253 e. The summed E-state index contributed by atoms with van der Waals surface area (Å²) >= 11 is 0. The summed E-state index contributed by atoms with van der Waals surface area (Å²) < 4.78 is 11.2. The molecule has 0 N–H and O–H groups in total. The number of rotatable bonds is 5. The van der Waals surface area contributed by atoms with E-state index in [1.807, 2.05) is 48.5 Å². The van der Waals surface area contributed by atoms with Crippen LogP contribution in [-0.4, -0.2) is 44.5 Å². The molecule has 32 heavy (non-hydrogen) atoms. The summed E-state index contributed by atoms with van der Waals surface area (Å²) in [5.41, 5.74) is 5.33. The van der Waals surface area contributed by atoms with Crippen LogP contribution in [0.2, 0.25) is 0 Å². The number of methoxy groups -OCH3 is 1. The summed E-state index contributed by atoms with van der Waals surface area (Å²) in [4.78, 5) is 28.2. The molecule has 0 saturated carbocycles. The number of para-hydroxylation sites is 1. The van der Waals surface area contributed by atoms with Gasteiger partial charge in [-0.15, -0.1) is 0 Å². The highest BCUT2D eigenvalue weighted by Gasteiger charge is 2.24. The fraction of sp³-hybridized carbons (Fsp3) is 0.231. The predicted molar refractivity (Wildman–Crippen MR) is 124 cm³/mol. The Labute approximate surface area is 188 Å². The van der Waals surface area contributed by atoms with E-state index in [9.17, 15) is 9.59 Å². The van der Waals surface area contributed by atoms with Crippen molar-refractivity contribution in [1.29, 1.82) is 0 Å². The van der Waals surface area contributed by atoms with E-state index in [0.717, 1.165) is 33.7 Å². The van der Waals surface area contributed by atoms with Crippen LogP contribution in [0.3, 0.4) is 0 Å². The second-order valence-corrected chi connectivity index (χ2v) is 7.91. The lowest BCUT2D eigenvalue weighted by Gasteiger charge is -2.23. The first kappa shape index (κ1) is 21.6. The van der Waals surface area contributed by atoms with Crippen molar-refractivity contribution in [2.24, 2.45) is 0 Å². The molecule has 0 radical (unpaired) electrons. The highest BCUT2D eigenvalue weighted by atomic mass is 16.5. The quantitative estimate of drug-likeness (QED) is 0.611. The van der Waals surface area contributed by atoms with E-state index in [2.05, 4.69) is 6.07 Å². The molecule has 6 nitrogen and oxygen atoms in total. The summed E-state index contributed by atoms with van der Waals surface area (Å²) in [6.45, 7) is 0.784. The normalized spacial score (nSPS) is 13.3. The molecule has 6 heteroatoms. The molecular weight excluding hydrogens is 404 g/mol. The lowest BCUT2D eigenvalue weighted by molar-refractivity contribution is -0.123. The zero-order valence-electron chi connectivity index (χ0n) is 18.5. The van der Waals surface area contributed by atoms with Crippen molar-refractivity contribution in [2.75, 3.05) is 32.7 Å². The molecule has 2 amide bonds. The molecule has 1 aliphatic rings.